The molecule has 1 aliphatic rings. The molecule has 3 N–H and O–H groups in total. The number of aryl methyl sites for hydroxylation is 1. The third-order valence-electron chi connectivity index (χ3n) is 5.71. The van der Waals surface area contributed by atoms with E-state index in [9.17, 15) is 19.2 Å². The topological polar surface area (TPSA) is 149 Å². The third kappa shape index (κ3) is 7.63. The van der Waals surface area contributed by atoms with Crippen LogP contribution >= 0.6 is 0 Å². The van der Waals surface area contributed by atoms with E-state index in [1.165, 1.54) is 20.3 Å². The number of carbonyl (C=O) groups is 4. The van der Waals surface area contributed by atoms with E-state index in [0.717, 1.165) is 12.8 Å². The lowest BCUT2D eigenvalue weighted by molar-refractivity contribution is -0.134. The SMILES string of the molecule is COC[C@H](NC(=O)c1cc(C)no1)C(=O)N[C@@H](COC)C(=O)N[C@@H](CC(C)C)C(=O)C1(C)CC1. The summed E-state index contributed by atoms with van der Waals surface area (Å²) in [5.41, 5.74) is 0.111. The molecule has 3 atom stereocenters. The van der Waals surface area contributed by atoms with Crippen molar-refractivity contribution in [1.29, 1.82) is 0 Å². The van der Waals surface area contributed by atoms with Crippen LogP contribution in [0.3, 0.4) is 0 Å². The normalized spacial score (nSPS) is 16.9. The summed E-state index contributed by atoms with van der Waals surface area (Å²) in [7, 11) is 2.78. The number of Topliss-reactive ketones (excluding diaryl/α,β-unsaturated/α-hetero) is 1. The van der Waals surface area contributed by atoms with Crippen LogP contribution in [-0.4, -0.2) is 74.2 Å². The first-order valence-corrected chi connectivity index (χ1v) is 11.4. The molecule has 3 amide bonds. The fourth-order valence-electron chi connectivity index (χ4n) is 3.50. The molecule has 1 heterocycles. The molecular weight excluding hydrogens is 444 g/mol. The summed E-state index contributed by atoms with van der Waals surface area (Å²) in [5, 5.41) is 11.6. The van der Waals surface area contributed by atoms with Crippen molar-refractivity contribution >= 4 is 23.5 Å². The van der Waals surface area contributed by atoms with E-state index in [4.69, 9.17) is 14.0 Å². The number of hydrogen-bond acceptors (Lipinski definition) is 8. The van der Waals surface area contributed by atoms with Crippen LogP contribution in [-0.2, 0) is 23.9 Å². The van der Waals surface area contributed by atoms with Gasteiger partial charge in [-0.25, -0.2) is 0 Å². The van der Waals surface area contributed by atoms with Crippen LogP contribution < -0.4 is 16.0 Å². The van der Waals surface area contributed by atoms with Gasteiger partial charge in [-0.3, -0.25) is 19.2 Å². The van der Waals surface area contributed by atoms with Crippen molar-refractivity contribution in [3.05, 3.63) is 17.5 Å². The molecule has 0 unspecified atom stereocenters. The minimum atomic E-state index is -1.10. The Bertz CT molecular complexity index is 878. The summed E-state index contributed by atoms with van der Waals surface area (Å²) < 4.78 is 15.1. The molecule has 1 aliphatic carbocycles. The standard InChI is InChI=1S/C23H36N4O7/c1-13(2)9-15(19(28)23(4)7-8-23)24-20(29)16(11-32-5)25-21(30)17(12-33-6)26-22(31)18-10-14(3)27-34-18/h10,13,15-17H,7-9,11-12H2,1-6H3,(H,24,29)(H,25,30)(H,26,31)/t15-,16-,17-/m0/s1. The molecule has 1 aromatic rings. The van der Waals surface area contributed by atoms with Gasteiger partial charge in [0.15, 0.2) is 5.78 Å². The highest BCUT2D eigenvalue weighted by Crippen LogP contribution is 2.47. The minimum absolute atomic E-state index is 0.00363. The lowest BCUT2D eigenvalue weighted by Crippen LogP contribution is -2.58. The first-order valence-electron chi connectivity index (χ1n) is 11.4. The number of rotatable bonds is 14. The molecule has 34 heavy (non-hydrogen) atoms. The van der Waals surface area contributed by atoms with Gasteiger partial charge in [-0.15, -0.1) is 0 Å². The summed E-state index contributed by atoms with van der Waals surface area (Å²) in [5.74, 6) is -1.69. The number of carbonyl (C=O) groups excluding carboxylic acids is 4. The molecule has 11 nitrogen and oxygen atoms in total. The van der Waals surface area contributed by atoms with E-state index in [0.29, 0.717) is 12.1 Å². The first-order chi connectivity index (χ1) is 16.0. The number of ketones is 1. The van der Waals surface area contributed by atoms with Crippen LogP contribution in [0.1, 0.15) is 56.3 Å². The summed E-state index contributed by atoms with van der Waals surface area (Å²) in [6, 6.07) is -1.39. The number of nitrogens with one attached hydrogen (secondary N) is 3. The highest BCUT2D eigenvalue weighted by molar-refractivity contribution is 5.98. The average molecular weight is 481 g/mol. The number of amides is 3. The predicted octanol–water partition coefficient (Wildman–Crippen LogP) is 0.759. The predicted molar refractivity (Wildman–Crippen MR) is 122 cm³/mol. The minimum Gasteiger partial charge on any atom is -0.382 e. The Labute approximate surface area is 199 Å². The molecule has 0 aliphatic heterocycles. The third-order valence-corrected chi connectivity index (χ3v) is 5.71. The lowest BCUT2D eigenvalue weighted by Gasteiger charge is -2.26. The van der Waals surface area contributed by atoms with Crippen LogP contribution in [0.4, 0.5) is 0 Å². The van der Waals surface area contributed by atoms with Gasteiger partial charge in [0.25, 0.3) is 5.91 Å². The van der Waals surface area contributed by atoms with Gasteiger partial charge >= 0.3 is 0 Å². The second kappa shape index (κ2) is 12.1. The Hall–Kier alpha value is -2.79. The Morgan fingerprint density at radius 1 is 1.00 bits per heavy atom. The smallest absolute Gasteiger partial charge is 0.290 e. The van der Waals surface area contributed by atoms with Gasteiger partial charge in [0.2, 0.25) is 17.6 Å². The van der Waals surface area contributed by atoms with E-state index in [1.807, 2.05) is 20.8 Å². The number of aromatic nitrogens is 1. The second-order valence-electron chi connectivity index (χ2n) is 9.45. The van der Waals surface area contributed by atoms with Crippen molar-refractivity contribution in [3.8, 4) is 0 Å². The fraction of sp³-hybridized carbons (Fsp3) is 0.696. The molecule has 2 rings (SSSR count). The maximum atomic E-state index is 13.0. The molecule has 0 spiro atoms. The maximum absolute atomic E-state index is 13.0. The Kier molecular flexibility index (Phi) is 9.75. The lowest BCUT2D eigenvalue weighted by atomic mass is 9.91. The van der Waals surface area contributed by atoms with Crippen LogP contribution in [0.25, 0.3) is 0 Å². The van der Waals surface area contributed by atoms with Crippen LogP contribution in [0, 0.1) is 18.3 Å². The summed E-state index contributed by atoms with van der Waals surface area (Å²) in [6.07, 6.45) is 2.10. The molecule has 0 bridgehead atoms. The number of methoxy groups -OCH3 is 2. The molecule has 0 radical (unpaired) electrons. The van der Waals surface area contributed by atoms with E-state index >= 15 is 0 Å². The highest BCUT2D eigenvalue weighted by Gasteiger charge is 2.48. The van der Waals surface area contributed by atoms with Crippen LogP contribution in [0.2, 0.25) is 0 Å². The summed E-state index contributed by atoms with van der Waals surface area (Å²) >= 11 is 0. The Morgan fingerprint density at radius 2 is 1.53 bits per heavy atom. The van der Waals surface area contributed by atoms with E-state index in [1.54, 1.807) is 6.92 Å². The van der Waals surface area contributed by atoms with Crippen LogP contribution in [0.5, 0.6) is 0 Å². The summed E-state index contributed by atoms with van der Waals surface area (Å²) in [4.78, 5) is 51.3. The van der Waals surface area contributed by atoms with Crippen molar-refractivity contribution in [2.45, 2.75) is 65.1 Å². The quantitative estimate of drug-likeness (QED) is 0.353. The second-order valence-corrected chi connectivity index (χ2v) is 9.45. The van der Waals surface area contributed by atoms with E-state index in [-0.39, 0.29) is 30.7 Å². The molecule has 1 aromatic heterocycles. The van der Waals surface area contributed by atoms with Gasteiger partial charge in [-0.05, 0) is 32.1 Å². The van der Waals surface area contributed by atoms with Crippen LogP contribution in [0.15, 0.2) is 10.6 Å². The zero-order chi connectivity index (χ0) is 25.5. The van der Waals surface area contributed by atoms with E-state index < -0.39 is 41.3 Å². The van der Waals surface area contributed by atoms with Gasteiger partial charge in [0.1, 0.15) is 12.1 Å². The largest absolute Gasteiger partial charge is 0.382 e. The molecule has 11 heteroatoms. The van der Waals surface area contributed by atoms with Crippen molar-refractivity contribution in [3.63, 3.8) is 0 Å². The average Bonchev–Trinajstić information content (AvgIpc) is 3.37. The van der Waals surface area contributed by atoms with Crippen molar-refractivity contribution < 1.29 is 33.2 Å². The van der Waals surface area contributed by atoms with Crippen molar-refractivity contribution in [2.24, 2.45) is 11.3 Å². The highest BCUT2D eigenvalue weighted by atomic mass is 16.5. The monoisotopic (exact) mass is 480 g/mol. The zero-order valence-corrected chi connectivity index (χ0v) is 20.7. The zero-order valence-electron chi connectivity index (χ0n) is 20.7. The maximum Gasteiger partial charge on any atom is 0.290 e. The fourth-order valence-corrected chi connectivity index (χ4v) is 3.50. The van der Waals surface area contributed by atoms with Crippen molar-refractivity contribution in [2.75, 3.05) is 27.4 Å². The number of ether oxygens (including phenoxy) is 2. The molecular formula is C23H36N4O7. The van der Waals surface area contributed by atoms with Gasteiger partial charge < -0.3 is 29.9 Å². The Morgan fingerprint density at radius 3 is 1.97 bits per heavy atom. The van der Waals surface area contributed by atoms with Gasteiger partial charge in [-0.1, -0.05) is 25.9 Å². The number of hydrogen-bond donors (Lipinski definition) is 3. The first kappa shape index (κ1) is 27.5. The van der Waals surface area contributed by atoms with Gasteiger partial charge in [0, 0.05) is 25.7 Å². The molecule has 0 saturated heterocycles. The summed E-state index contributed by atoms with van der Waals surface area (Å²) in [6.45, 7) is 7.26. The molecule has 190 valence electrons. The molecule has 1 fully saturated rings. The Balaban J connectivity index is 2.08. The van der Waals surface area contributed by atoms with Gasteiger partial charge in [0.05, 0.1) is 24.9 Å². The molecule has 0 aromatic carbocycles. The van der Waals surface area contributed by atoms with Crippen molar-refractivity contribution in [1.82, 2.24) is 21.1 Å². The van der Waals surface area contributed by atoms with E-state index in [2.05, 4.69) is 21.1 Å². The number of nitrogens with zero attached hydrogens (tertiary/aromatic N) is 1. The molecule has 1 saturated carbocycles. The van der Waals surface area contributed by atoms with Gasteiger partial charge in [-0.2, -0.15) is 0 Å².